The molecule has 0 aromatic heterocycles. The molecule has 0 saturated carbocycles. The fourth-order valence-corrected chi connectivity index (χ4v) is 5.23. The van der Waals surface area contributed by atoms with Crippen molar-refractivity contribution in [3.63, 3.8) is 0 Å². The Labute approximate surface area is 254 Å². The first-order valence-electron chi connectivity index (χ1n) is 14.1. The molecule has 0 spiro atoms. The molecule has 44 heavy (non-hydrogen) atoms. The van der Waals surface area contributed by atoms with Gasteiger partial charge in [-0.1, -0.05) is 103 Å². The second kappa shape index (κ2) is 12.5. The predicted octanol–water partition coefficient (Wildman–Crippen LogP) is 5.59. The first-order valence-corrected chi connectivity index (χ1v) is 14.1. The number of β-lactam (4-membered cyclic amide) rings is 1. The van der Waals surface area contributed by atoms with Gasteiger partial charge in [0.05, 0.1) is 11.6 Å². The highest BCUT2D eigenvalue weighted by Gasteiger charge is 2.51. The quantitative estimate of drug-likeness (QED) is 0.196. The zero-order valence-corrected chi connectivity index (χ0v) is 23.5. The molecule has 3 N–H and O–H groups in total. The lowest BCUT2D eigenvalue weighted by atomic mass is 9.92. The number of hydrogen-bond acceptors (Lipinski definition) is 5. The minimum Gasteiger partial charge on any atom is -0.507 e. The van der Waals surface area contributed by atoms with Crippen LogP contribution in [0.4, 0.5) is 0 Å². The fourth-order valence-electron chi connectivity index (χ4n) is 5.23. The monoisotopic (exact) mass is 583 g/mol. The number of phenols is 1. The van der Waals surface area contributed by atoms with E-state index >= 15 is 0 Å². The zero-order chi connectivity index (χ0) is 30.5. The van der Waals surface area contributed by atoms with Crippen LogP contribution < -0.4 is 15.5 Å². The van der Waals surface area contributed by atoms with Crippen molar-refractivity contribution in [1.82, 2.24) is 15.8 Å². The topological polar surface area (TPSA) is 108 Å². The van der Waals surface area contributed by atoms with Gasteiger partial charge in [0.25, 0.3) is 17.7 Å². The van der Waals surface area contributed by atoms with Gasteiger partial charge in [0.2, 0.25) is 6.10 Å². The minimum absolute atomic E-state index is 0.133. The normalized spacial score (nSPS) is 16.4. The number of nitrogens with zero attached hydrogens (tertiary/aromatic N) is 1. The van der Waals surface area contributed by atoms with E-state index in [1.807, 2.05) is 84.9 Å². The van der Waals surface area contributed by atoms with E-state index in [-0.39, 0.29) is 17.2 Å². The molecule has 5 aromatic rings. The van der Waals surface area contributed by atoms with Crippen LogP contribution in [0.25, 0.3) is 0 Å². The zero-order valence-electron chi connectivity index (χ0n) is 23.5. The van der Waals surface area contributed by atoms with Crippen LogP contribution >= 0.6 is 0 Å². The summed E-state index contributed by atoms with van der Waals surface area (Å²) in [6.45, 7) is 0. The summed E-state index contributed by atoms with van der Waals surface area (Å²) in [6, 6.07) is 39.8. The highest BCUT2D eigenvalue weighted by atomic mass is 16.5. The lowest BCUT2D eigenvalue weighted by Gasteiger charge is -2.46. The molecule has 3 amide bonds. The van der Waals surface area contributed by atoms with Crippen LogP contribution in [-0.2, 0) is 4.79 Å². The number of nitrogens with one attached hydrogen (secondary N) is 2. The van der Waals surface area contributed by atoms with Crippen molar-refractivity contribution in [2.24, 2.45) is 0 Å². The smallest absolute Gasteiger partial charge is 0.285 e. The van der Waals surface area contributed by atoms with E-state index in [4.69, 9.17) is 4.74 Å². The minimum atomic E-state index is -0.807. The first kappa shape index (κ1) is 28.2. The number of carbonyl (C=O) groups excluding carboxylic acids is 3. The van der Waals surface area contributed by atoms with Crippen LogP contribution in [0.3, 0.4) is 0 Å². The van der Waals surface area contributed by atoms with Gasteiger partial charge in [0.1, 0.15) is 17.5 Å². The van der Waals surface area contributed by atoms with Gasteiger partial charge < -0.3 is 15.2 Å². The molecule has 8 nitrogen and oxygen atoms in total. The van der Waals surface area contributed by atoms with Gasteiger partial charge in [-0.05, 0) is 53.1 Å². The Kier molecular flexibility index (Phi) is 8.05. The Hall–Kier alpha value is -5.89. The third-order valence-corrected chi connectivity index (χ3v) is 7.45. The van der Waals surface area contributed by atoms with Crippen LogP contribution in [0.5, 0.6) is 11.5 Å². The molecule has 3 unspecified atom stereocenters. The molecule has 0 aliphatic carbocycles. The number of hydrazine groups is 1. The van der Waals surface area contributed by atoms with Crippen molar-refractivity contribution in [2.45, 2.75) is 18.2 Å². The molecule has 1 heterocycles. The van der Waals surface area contributed by atoms with Gasteiger partial charge in [0, 0.05) is 5.56 Å². The molecule has 218 valence electrons. The van der Waals surface area contributed by atoms with Gasteiger partial charge in [-0.2, -0.15) is 0 Å². The second-order valence-corrected chi connectivity index (χ2v) is 10.3. The molecule has 1 aliphatic heterocycles. The summed E-state index contributed by atoms with van der Waals surface area (Å²) in [5, 5.41) is 14.5. The van der Waals surface area contributed by atoms with E-state index in [2.05, 4.69) is 10.7 Å². The molecule has 1 fully saturated rings. The Bertz CT molecular complexity index is 1780. The number of benzene rings is 5. The van der Waals surface area contributed by atoms with Crippen molar-refractivity contribution in [3.05, 3.63) is 167 Å². The van der Waals surface area contributed by atoms with E-state index in [1.54, 1.807) is 48.5 Å². The average molecular weight is 584 g/mol. The Morgan fingerprint density at radius 3 is 2.02 bits per heavy atom. The molecule has 8 heteroatoms. The van der Waals surface area contributed by atoms with Crippen molar-refractivity contribution in [3.8, 4) is 11.5 Å². The largest absolute Gasteiger partial charge is 0.507 e. The SMILES string of the molecule is O=C(NN1C(=O)C(Oc2ccccc2)C1c1ccccc1)c1cccc(C(NC(=O)c2ccccc2O)c2ccccc2)c1. The average Bonchev–Trinajstić information content (AvgIpc) is 3.07. The number of amides is 3. The maximum atomic E-state index is 13.6. The van der Waals surface area contributed by atoms with E-state index in [0.717, 1.165) is 11.1 Å². The van der Waals surface area contributed by atoms with Crippen molar-refractivity contribution in [2.75, 3.05) is 0 Å². The molecule has 0 bridgehead atoms. The number of hydrogen-bond donors (Lipinski definition) is 3. The van der Waals surface area contributed by atoms with Gasteiger partial charge >= 0.3 is 0 Å². The number of phenolic OH excluding ortho intramolecular Hbond substituents is 1. The van der Waals surface area contributed by atoms with Gasteiger partial charge in [-0.3, -0.25) is 19.8 Å². The number of ether oxygens (including phenoxy) is 1. The summed E-state index contributed by atoms with van der Waals surface area (Å²) in [6.07, 6.45) is -0.807. The van der Waals surface area contributed by atoms with Gasteiger partial charge in [0.15, 0.2) is 0 Å². The first-order chi connectivity index (χ1) is 21.5. The van der Waals surface area contributed by atoms with Crippen LogP contribution in [0.2, 0.25) is 0 Å². The standard InChI is InChI=1S/C36H29N3O5/c40-30-22-11-10-21-29(30)35(42)37-31(24-13-4-1-5-14-24)26-17-12-18-27(23-26)34(41)38-39-32(25-15-6-2-7-16-25)33(36(39)43)44-28-19-8-3-9-20-28/h1-23,31-33,40H,(H,37,42)(H,38,41). The van der Waals surface area contributed by atoms with Crippen LogP contribution in [0.15, 0.2) is 140 Å². The van der Waals surface area contributed by atoms with Crippen molar-refractivity contribution in [1.29, 1.82) is 0 Å². The van der Waals surface area contributed by atoms with Crippen LogP contribution in [-0.4, -0.2) is 33.9 Å². The Morgan fingerprint density at radius 2 is 1.32 bits per heavy atom. The number of rotatable bonds is 9. The highest BCUT2D eigenvalue weighted by molar-refractivity contribution is 5.99. The summed E-state index contributed by atoms with van der Waals surface area (Å²) < 4.78 is 6.03. The lowest BCUT2D eigenvalue weighted by Crippen LogP contribution is -2.66. The van der Waals surface area contributed by atoms with E-state index in [1.165, 1.54) is 11.1 Å². The molecular formula is C36H29N3O5. The molecule has 1 aliphatic rings. The van der Waals surface area contributed by atoms with E-state index in [9.17, 15) is 19.5 Å². The second-order valence-electron chi connectivity index (χ2n) is 10.3. The van der Waals surface area contributed by atoms with Crippen LogP contribution in [0, 0.1) is 0 Å². The highest BCUT2D eigenvalue weighted by Crippen LogP contribution is 2.36. The summed E-state index contributed by atoms with van der Waals surface area (Å²) in [7, 11) is 0. The molecule has 3 atom stereocenters. The maximum Gasteiger partial charge on any atom is 0.285 e. The van der Waals surface area contributed by atoms with E-state index < -0.39 is 30.0 Å². The summed E-state index contributed by atoms with van der Waals surface area (Å²) in [5.74, 6) is -0.898. The number of aromatic hydroxyl groups is 1. The number of para-hydroxylation sites is 2. The van der Waals surface area contributed by atoms with Crippen LogP contribution in [0.1, 0.15) is 49.5 Å². The molecule has 0 radical (unpaired) electrons. The predicted molar refractivity (Wildman–Crippen MR) is 165 cm³/mol. The summed E-state index contributed by atoms with van der Waals surface area (Å²) in [4.78, 5) is 40.0. The van der Waals surface area contributed by atoms with E-state index in [0.29, 0.717) is 16.9 Å². The maximum absolute atomic E-state index is 13.6. The molecule has 6 rings (SSSR count). The Morgan fingerprint density at radius 1 is 0.705 bits per heavy atom. The lowest BCUT2D eigenvalue weighted by molar-refractivity contribution is -0.169. The van der Waals surface area contributed by atoms with Crippen molar-refractivity contribution < 1.29 is 24.2 Å². The number of carbonyl (C=O) groups is 3. The third kappa shape index (κ3) is 5.87. The van der Waals surface area contributed by atoms with Gasteiger partial charge in [-0.25, -0.2) is 5.01 Å². The van der Waals surface area contributed by atoms with Gasteiger partial charge in [-0.15, -0.1) is 0 Å². The Balaban J connectivity index is 1.25. The van der Waals surface area contributed by atoms with Crippen molar-refractivity contribution >= 4 is 17.7 Å². The fraction of sp³-hybridized carbons (Fsp3) is 0.0833. The molecule has 1 saturated heterocycles. The summed E-state index contributed by atoms with van der Waals surface area (Å²) >= 11 is 0. The third-order valence-electron chi connectivity index (χ3n) is 7.45. The summed E-state index contributed by atoms with van der Waals surface area (Å²) in [5.41, 5.74) is 5.46. The molecule has 5 aromatic carbocycles. The molecular weight excluding hydrogens is 554 g/mol.